The van der Waals surface area contributed by atoms with E-state index in [2.05, 4.69) is 36.2 Å². The molecule has 0 spiro atoms. The summed E-state index contributed by atoms with van der Waals surface area (Å²) in [6.07, 6.45) is -8.06. The molecule has 0 radical (unpaired) electrons. The molecule has 0 aliphatic carbocycles. The van der Waals surface area contributed by atoms with Crippen molar-refractivity contribution in [1.82, 2.24) is 14.6 Å². The van der Waals surface area contributed by atoms with Crippen molar-refractivity contribution in [1.29, 1.82) is 0 Å². The lowest BCUT2D eigenvalue weighted by Crippen LogP contribution is -2.21. The Bertz CT molecular complexity index is 1510. The Kier molecular flexibility index (Phi) is 8.41. The molecule has 0 saturated heterocycles. The first-order chi connectivity index (χ1) is 18.4. The van der Waals surface area contributed by atoms with Gasteiger partial charge in [-0.2, -0.15) is 26.3 Å². The van der Waals surface area contributed by atoms with Crippen LogP contribution in [0.25, 0.3) is 5.65 Å². The average Bonchev–Trinajstić information content (AvgIpc) is 3.24. The molecule has 0 unspecified atom stereocenters. The standard InChI is InChI=1S/C24H21F3N4O2.C2HF3O2/c1-23(2,3)16-9-7-15(8-10-16)22(32)29-19-14-31-20(28-19)11-12-21(30-31)33-18-6-4-5-17(13-18)24(25,26)27;3-2(4,5)1(6)7/h4-14H,1-3H3,(H,29,32);(H,6,7). The van der Waals surface area contributed by atoms with Crippen LogP contribution in [0.2, 0.25) is 0 Å². The summed E-state index contributed by atoms with van der Waals surface area (Å²) in [5, 5.41) is 14.0. The summed E-state index contributed by atoms with van der Waals surface area (Å²) < 4.78 is 77.3. The smallest absolute Gasteiger partial charge is 0.475 e. The van der Waals surface area contributed by atoms with Crippen molar-refractivity contribution in [3.05, 3.63) is 83.6 Å². The number of anilines is 1. The van der Waals surface area contributed by atoms with Crippen molar-refractivity contribution >= 4 is 23.3 Å². The molecule has 0 atom stereocenters. The molecule has 4 rings (SSSR count). The van der Waals surface area contributed by atoms with E-state index in [1.54, 1.807) is 18.2 Å². The number of aliphatic carboxylic acids is 1. The highest BCUT2D eigenvalue weighted by Crippen LogP contribution is 2.32. The number of fused-ring (bicyclic) bond motifs is 1. The van der Waals surface area contributed by atoms with Crippen LogP contribution in [0.3, 0.4) is 0 Å². The molecule has 8 nitrogen and oxygen atoms in total. The fourth-order valence-corrected chi connectivity index (χ4v) is 3.15. The third-order valence-electron chi connectivity index (χ3n) is 5.18. The number of rotatable bonds is 4. The molecular formula is C26H22F6N4O4. The van der Waals surface area contributed by atoms with Gasteiger partial charge in [0.05, 0.1) is 11.8 Å². The maximum Gasteiger partial charge on any atom is 0.490 e. The second-order valence-corrected chi connectivity index (χ2v) is 9.31. The lowest BCUT2D eigenvalue weighted by atomic mass is 9.87. The second kappa shape index (κ2) is 11.2. The normalized spacial score (nSPS) is 11.9. The second-order valence-electron chi connectivity index (χ2n) is 9.31. The van der Waals surface area contributed by atoms with Gasteiger partial charge in [-0.15, -0.1) is 5.10 Å². The average molecular weight is 568 g/mol. The SMILES string of the molecule is CC(C)(C)c1ccc(C(=O)Nc2cn3nc(Oc4cccc(C(F)(F)F)c4)ccc3n2)cc1.O=C(O)C(F)(F)F. The van der Waals surface area contributed by atoms with E-state index in [0.717, 1.165) is 17.7 Å². The van der Waals surface area contributed by atoms with Crippen LogP contribution < -0.4 is 10.1 Å². The van der Waals surface area contributed by atoms with Crippen molar-refractivity contribution in [2.24, 2.45) is 0 Å². The van der Waals surface area contributed by atoms with Gasteiger partial charge < -0.3 is 15.2 Å². The molecule has 2 N–H and O–H groups in total. The van der Waals surface area contributed by atoms with Crippen LogP contribution in [0.15, 0.2) is 66.9 Å². The van der Waals surface area contributed by atoms with Gasteiger partial charge in [-0.3, -0.25) is 4.79 Å². The number of carboxylic acid groups (broad SMARTS) is 1. The predicted octanol–water partition coefficient (Wildman–Crippen LogP) is 6.72. The highest BCUT2D eigenvalue weighted by Gasteiger charge is 2.38. The molecule has 2 heterocycles. The quantitative estimate of drug-likeness (QED) is 0.265. The Morgan fingerprint density at radius 3 is 2.08 bits per heavy atom. The number of ether oxygens (including phenoxy) is 1. The summed E-state index contributed by atoms with van der Waals surface area (Å²) >= 11 is 0. The number of carboxylic acids is 1. The molecule has 2 aromatic heterocycles. The van der Waals surface area contributed by atoms with Crippen molar-refractivity contribution in [2.75, 3.05) is 5.32 Å². The minimum Gasteiger partial charge on any atom is -0.475 e. The molecule has 4 aromatic rings. The van der Waals surface area contributed by atoms with E-state index < -0.39 is 23.9 Å². The first-order valence-corrected chi connectivity index (χ1v) is 11.4. The van der Waals surface area contributed by atoms with Gasteiger partial charge in [-0.1, -0.05) is 39.0 Å². The van der Waals surface area contributed by atoms with Crippen LogP contribution in [0.4, 0.5) is 32.2 Å². The van der Waals surface area contributed by atoms with E-state index >= 15 is 0 Å². The number of alkyl halides is 6. The maximum atomic E-state index is 12.9. The lowest BCUT2D eigenvalue weighted by Gasteiger charge is -2.18. The van der Waals surface area contributed by atoms with E-state index in [0.29, 0.717) is 11.2 Å². The third kappa shape index (κ3) is 7.94. The Hall–Kier alpha value is -4.62. The molecule has 1 amide bonds. The Labute approximate surface area is 223 Å². The Morgan fingerprint density at radius 1 is 0.900 bits per heavy atom. The number of halogens is 6. The Balaban J connectivity index is 0.000000559. The number of carbonyl (C=O) groups is 2. The number of hydrogen-bond acceptors (Lipinski definition) is 5. The first kappa shape index (κ1) is 29.9. The molecule has 0 fully saturated rings. The van der Waals surface area contributed by atoms with Gasteiger partial charge in [0.1, 0.15) is 5.75 Å². The van der Waals surface area contributed by atoms with Crippen LogP contribution in [0.5, 0.6) is 11.6 Å². The minimum atomic E-state index is -5.08. The van der Waals surface area contributed by atoms with E-state index in [1.165, 1.54) is 28.9 Å². The van der Waals surface area contributed by atoms with Gasteiger partial charge in [-0.05, 0) is 47.4 Å². The van der Waals surface area contributed by atoms with Crippen LogP contribution in [-0.4, -0.2) is 37.8 Å². The number of nitrogens with one attached hydrogen (secondary N) is 1. The van der Waals surface area contributed by atoms with Crippen LogP contribution in [-0.2, 0) is 16.4 Å². The van der Waals surface area contributed by atoms with Crippen molar-refractivity contribution in [2.45, 2.75) is 38.5 Å². The zero-order valence-electron chi connectivity index (χ0n) is 21.1. The van der Waals surface area contributed by atoms with E-state index in [9.17, 15) is 31.1 Å². The van der Waals surface area contributed by atoms with Crippen LogP contribution in [0.1, 0.15) is 42.3 Å². The molecule has 0 aliphatic heterocycles. The number of nitrogens with zero attached hydrogens (tertiary/aromatic N) is 3. The Morgan fingerprint density at radius 2 is 1.52 bits per heavy atom. The zero-order valence-corrected chi connectivity index (χ0v) is 21.1. The van der Waals surface area contributed by atoms with E-state index in [4.69, 9.17) is 14.6 Å². The monoisotopic (exact) mass is 568 g/mol. The summed E-state index contributed by atoms with van der Waals surface area (Å²) in [4.78, 5) is 25.8. The largest absolute Gasteiger partial charge is 0.490 e. The van der Waals surface area contributed by atoms with Crippen molar-refractivity contribution < 1.29 is 45.8 Å². The number of benzene rings is 2. The summed E-state index contributed by atoms with van der Waals surface area (Å²) in [6, 6.07) is 14.9. The van der Waals surface area contributed by atoms with Gasteiger partial charge in [0, 0.05) is 11.6 Å². The molecule has 212 valence electrons. The minimum absolute atomic E-state index is 0.00372. The lowest BCUT2D eigenvalue weighted by molar-refractivity contribution is -0.192. The van der Waals surface area contributed by atoms with Crippen molar-refractivity contribution in [3.8, 4) is 11.6 Å². The van der Waals surface area contributed by atoms with Crippen molar-refractivity contribution in [3.63, 3.8) is 0 Å². The zero-order chi connectivity index (χ0) is 29.9. The van der Waals surface area contributed by atoms with Crippen LogP contribution >= 0.6 is 0 Å². The number of imidazole rings is 1. The number of carbonyl (C=O) groups excluding carboxylic acids is 1. The van der Waals surface area contributed by atoms with Gasteiger partial charge in [0.15, 0.2) is 11.5 Å². The highest BCUT2D eigenvalue weighted by molar-refractivity contribution is 6.03. The summed E-state index contributed by atoms with van der Waals surface area (Å²) in [5.74, 6) is -2.71. The van der Waals surface area contributed by atoms with Gasteiger partial charge in [0.25, 0.3) is 5.91 Å². The molecule has 0 aliphatic rings. The van der Waals surface area contributed by atoms with E-state index in [1.807, 2.05) is 12.1 Å². The van der Waals surface area contributed by atoms with Gasteiger partial charge in [0.2, 0.25) is 5.88 Å². The highest BCUT2D eigenvalue weighted by atomic mass is 19.4. The molecule has 0 bridgehead atoms. The summed E-state index contributed by atoms with van der Waals surface area (Å²) in [6.45, 7) is 6.28. The van der Waals surface area contributed by atoms with Gasteiger partial charge in [-0.25, -0.2) is 14.3 Å². The molecular weight excluding hydrogens is 546 g/mol. The summed E-state index contributed by atoms with van der Waals surface area (Å²) in [5.41, 5.74) is 1.20. The third-order valence-corrected chi connectivity index (χ3v) is 5.18. The fourth-order valence-electron chi connectivity index (χ4n) is 3.15. The van der Waals surface area contributed by atoms with E-state index in [-0.39, 0.29) is 28.8 Å². The van der Waals surface area contributed by atoms with Gasteiger partial charge >= 0.3 is 18.3 Å². The summed E-state index contributed by atoms with van der Waals surface area (Å²) in [7, 11) is 0. The first-order valence-electron chi connectivity index (χ1n) is 11.4. The number of hydrogen-bond donors (Lipinski definition) is 2. The molecule has 14 heteroatoms. The van der Waals surface area contributed by atoms with Crippen LogP contribution in [0, 0.1) is 0 Å². The predicted molar refractivity (Wildman–Crippen MR) is 131 cm³/mol. The fraction of sp³-hybridized carbons (Fsp3) is 0.231. The maximum absolute atomic E-state index is 12.9. The molecule has 40 heavy (non-hydrogen) atoms. The molecule has 0 saturated carbocycles. The molecule has 2 aromatic carbocycles. The number of aromatic nitrogens is 3. The number of amides is 1. The topological polar surface area (TPSA) is 106 Å².